The highest BCUT2D eigenvalue weighted by molar-refractivity contribution is 6.31. The molecule has 0 bridgehead atoms. The molecule has 6 nitrogen and oxygen atoms in total. The Kier molecular flexibility index (Phi) is 8.03. The lowest BCUT2D eigenvalue weighted by Gasteiger charge is -2.09. The molecule has 0 aliphatic carbocycles. The summed E-state index contributed by atoms with van der Waals surface area (Å²) in [7, 11) is 0. The van der Waals surface area contributed by atoms with Gasteiger partial charge in [-0.2, -0.15) is 0 Å². The van der Waals surface area contributed by atoms with Gasteiger partial charge in [-0.15, -0.1) is 0 Å². The fraction of sp³-hybridized carbons (Fsp3) is 0. The summed E-state index contributed by atoms with van der Waals surface area (Å²) >= 11 is 6.18. The highest BCUT2D eigenvalue weighted by Gasteiger charge is 2.16. The molecular weight excluding hydrogens is 488 g/mol. The van der Waals surface area contributed by atoms with Crippen LogP contribution in [-0.2, 0) is 0 Å². The Hall–Kier alpha value is -4.81. The molecule has 4 aromatic rings. The number of benzene rings is 3. The van der Waals surface area contributed by atoms with Crippen LogP contribution < -0.4 is 9.47 Å². The number of rotatable bonds is 8. The minimum atomic E-state index is -0.673. The Bertz CT molecular complexity index is 1480. The van der Waals surface area contributed by atoms with Crippen molar-refractivity contribution in [3.05, 3.63) is 138 Å². The number of nitrogens with zero attached hydrogens (tertiary/aromatic N) is 2. The monoisotopic (exact) mass is 508 g/mol. The number of allylic oxidation sites excluding steroid dienone is 1. The molecule has 0 saturated carbocycles. The highest BCUT2D eigenvalue weighted by Crippen LogP contribution is 2.23. The van der Waals surface area contributed by atoms with E-state index >= 15 is 0 Å². The molecule has 0 amide bonds. The van der Waals surface area contributed by atoms with Gasteiger partial charge >= 0.3 is 11.9 Å². The van der Waals surface area contributed by atoms with Gasteiger partial charge in [-0.3, -0.25) is 9.98 Å². The van der Waals surface area contributed by atoms with Crippen molar-refractivity contribution in [2.75, 3.05) is 0 Å². The van der Waals surface area contributed by atoms with Gasteiger partial charge in [0.05, 0.1) is 22.5 Å². The molecule has 4 rings (SSSR count). The lowest BCUT2D eigenvalue weighted by molar-refractivity contribution is 0.0734. The standard InChI is InChI=1S/C30H21ClN2O4/c1-3-27(32-4-2)20-8-12-25(13-9-20)36-29(34)22-17-23(19-24(31)18-22)30(35)37-26-14-10-21(11-15-26)28-7-5-6-16-33-28/h3-19H,1-2H2. The van der Waals surface area contributed by atoms with Crippen LogP contribution in [0.4, 0.5) is 0 Å². The molecule has 1 heterocycles. The normalized spacial score (nSPS) is 10.9. The van der Waals surface area contributed by atoms with E-state index in [1.807, 2.05) is 18.2 Å². The van der Waals surface area contributed by atoms with E-state index in [1.165, 1.54) is 24.4 Å². The van der Waals surface area contributed by atoms with Crippen LogP contribution in [0.1, 0.15) is 26.3 Å². The van der Waals surface area contributed by atoms with Crippen LogP contribution in [0.25, 0.3) is 11.3 Å². The number of ether oxygens (including phenoxy) is 2. The van der Waals surface area contributed by atoms with E-state index < -0.39 is 11.9 Å². The first-order chi connectivity index (χ1) is 18.0. The Balaban J connectivity index is 1.46. The van der Waals surface area contributed by atoms with Gasteiger partial charge in [0.2, 0.25) is 0 Å². The number of halogens is 1. The van der Waals surface area contributed by atoms with E-state index in [2.05, 4.69) is 23.1 Å². The van der Waals surface area contributed by atoms with Crippen LogP contribution in [0, 0.1) is 0 Å². The first kappa shape index (κ1) is 25.3. The molecule has 0 unspecified atom stereocenters. The lowest BCUT2D eigenvalue weighted by atomic mass is 10.1. The molecule has 7 heteroatoms. The van der Waals surface area contributed by atoms with Crippen LogP contribution in [0.5, 0.6) is 11.5 Å². The largest absolute Gasteiger partial charge is 0.423 e. The van der Waals surface area contributed by atoms with Crippen LogP contribution in [0.15, 0.2) is 122 Å². The summed E-state index contributed by atoms with van der Waals surface area (Å²) in [5.41, 5.74) is 3.33. The van der Waals surface area contributed by atoms with Crippen molar-refractivity contribution in [3.63, 3.8) is 0 Å². The van der Waals surface area contributed by atoms with Gasteiger partial charge in [0.15, 0.2) is 0 Å². The number of aliphatic imine (C=N–C) groups is 1. The van der Waals surface area contributed by atoms with E-state index in [9.17, 15) is 9.59 Å². The first-order valence-corrected chi connectivity index (χ1v) is 11.5. The van der Waals surface area contributed by atoms with Gasteiger partial charge in [-0.25, -0.2) is 9.59 Å². The van der Waals surface area contributed by atoms with Gasteiger partial charge in [-0.05, 0) is 84.9 Å². The minimum absolute atomic E-state index is 0.106. The summed E-state index contributed by atoms with van der Waals surface area (Å²) in [6.07, 6.45) is 4.73. The zero-order chi connectivity index (χ0) is 26.2. The smallest absolute Gasteiger partial charge is 0.343 e. The number of pyridine rings is 1. The molecule has 0 atom stereocenters. The van der Waals surface area contributed by atoms with E-state index in [1.54, 1.807) is 60.8 Å². The Morgan fingerprint density at radius 3 is 1.89 bits per heavy atom. The third-order valence-corrected chi connectivity index (χ3v) is 5.40. The number of carbonyl (C=O) groups excluding carboxylic acids is 2. The predicted octanol–water partition coefficient (Wildman–Crippen LogP) is 6.96. The van der Waals surface area contributed by atoms with Gasteiger partial charge < -0.3 is 9.47 Å². The summed E-state index contributed by atoms with van der Waals surface area (Å²) in [5, 5.41) is 0.193. The fourth-order valence-electron chi connectivity index (χ4n) is 3.42. The third-order valence-electron chi connectivity index (χ3n) is 5.18. The molecule has 0 fully saturated rings. The number of carbonyl (C=O) groups is 2. The van der Waals surface area contributed by atoms with Crippen LogP contribution >= 0.6 is 11.6 Å². The molecule has 0 aliphatic heterocycles. The zero-order valence-corrected chi connectivity index (χ0v) is 20.4. The summed E-state index contributed by atoms with van der Waals surface area (Å²) < 4.78 is 10.9. The van der Waals surface area contributed by atoms with Gasteiger partial charge in [-0.1, -0.05) is 30.8 Å². The lowest BCUT2D eigenvalue weighted by Crippen LogP contribution is -2.13. The number of hydrogen-bond acceptors (Lipinski definition) is 6. The molecule has 0 spiro atoms. The van der Waals surface area contributed by atoms with E-state index in [0.29, 0.717) is 17.2 Å². The van der Waals surface area contributed by atoms with Crippen molar-refractivity contribution in [3.8, 4) is 22.8 Å². The Morgan fingerprint density at radius 2 is 1.38 bits per heavy atom. The predicted molar refractivity (Wildman–Crippen MR) is 144 cm³/mol. The molecule has 3 aromatic carbocycles. The maximum atomic E-state index is 12.8. The third kappa shape index (κ3) is 6.45. The van der Waals surface area contributed by atoms with Crippen molar-refractivity contribution >= 4 is 29.3 Å². The maximum absolute atomic E-state index is 12.8. The van der Waals surface area contributed by atoms with Crippen LogP contribution in [0.3, 0.4) is 0 Å². The van der Waals surface area contributed by atoms with Crippen molar-refractivity contribution in [2.45, 2.75) is 0 Å². The molecule has 0 radical (unpaired) electrons. The second-order valence-electron chi connectivity index (χ2n) is 7.67. The summed E-state index contributed by atoms with van der Waals surface area (Å²) in [5.74, 6) is -0.682. The average molecular weight is 509 g/mol. The first-order valence-electron chi connectivity index (χ1n) is 11.1. The van der Waals surface area contributed by atoms with Crippen molar-refractivity contribution in [1.29, 1.82) is 0 Å². The second kappa shape index (κ2) is 11.7. The second-order valence-corrected chi connectivity index (χ2v) is 8.11. The average Bonchev–Trinajstić information content (AvgIpc) is 2.93. The van der Waals surface area contributed by atoms with Gasteiger partial charge in [0, 0.05) is 28.5 Å². The molecule has 182 valence electrons. The number of hydrogen-bond donors (Lipinski definition) is 0. The molecule has 0 aliphatic rings. The van der Waals surface area contributed by atoms with E-state index in [0.717, 1.165) is 16.8 Å². The fourth-order valence-corrected chi connectivity index (χ4v) is 3.66. The molecule has 1 aromatic heterocycles. The maximum Gasteiger partial charge on any atom is 0.343 e. The van der Waals surface area contributed by atoms with Crippen molar-refractivity contribution < 1.29 is 19.1 Å². The Morgan fingerprint density at radius 1 is 0.784 bits per heavy atom. The van der Waals surface area contributed by atoms with Crippen LogP contribution in [0.2, 0.25) is 5.02 Å². The summed E-state index contributed by atoms with van der Waals surface area (Å²) in [4.78, 5) is 33.9. The molecular formula is C30H21ClN2O4. The summed E-state index contributed by atoms with van der Waals surface area (Å²) in [6, 6.07) is 23.5. The Labute approximate surface area is 219 Å². The van der Waals surface area contributed by atoms with Gasteiger partial charge in [0.25, 0.3) is 0 Å². The zero-order valence-electron chi connectivity index (χ0n) is 19.6. The van der Waals surface area contributed by atoms with Gasteiger partial charge in [0.1, 0.15) is 11.5 Å². The van der Waals surface area contributed by atoms with Crippen LogP contribution in [-0.4, -0.2) is 22.6 Å². The van der Waals surface area contributed by atoms with E-state index in [4.69, 9.17) is 21.1 Å². The topological polar surface area (TPSA) is 77.8 Å². The number of esters is 2. The molecule has 0 saturated heterocycles. The molecule has 0 N–H and O–H groups in total. The van der Waals surface area contributed by atoms with Crippen molar-refractivity contribution in [2.24, 2.45) is 4.99 Å². The highest BCUT2D eigenvalue weighted by atomic mass is 35.5. The minimum Gasteiger partial charge on any atom is -0.423 e. The number of aromatic nitrogens is 1. The SMILES string of the molecule is C=CN=C(C=C)c1ccc(OC(=O)c2cc(Cl)cc(C(=O)Oc3ccc(-c4ccccn4)cc3)c2)cc1. The quantitative estimate of drug-likeness (QED) is 0.146. The van der Waals surface area contributed by atoms with E-state index in [-0.39, 0.29) is 16.1 Å². The molecule has 37 heavy (non-hydrogen) atoms. The van der Waals surface area contributed by atoms with Crippen molar-refractivity contribution in [1.82, 2.24) is 4.98 Å². The summed E-state index contributed by atoms with van der Waals surface area (Å²) in [6.45, 7) is 7.30.